The number of allylic oxidation sites excluding steroid dienone is 3. The zero-order valence-corrected chi connectivity index (χ0v) is 18.7. The summed E-state index contributed by atoms with van der Waals surface area (Å²) in [5.41, 5.74) is 1.97. The molecule has 5 rings (SSSR count). The molecule has 4 aliphatic carbocycles. The molecule has 1 saturated heterocycles. The van der Waals surface area contributed by atoms with Crippen molar-refractivity contribution in [2.45, 2.75) is 70.8 Å². The Kier molecular flexibility index (Phi) is 4.65. The quantitative estimate of drug-likeness (QED) is 0.475. The zero-order chi connectivity index (χ0) is 22.0. The Morgan fingerprint density at radius 2 is 2.00 bits per heavy atom. The van der Waals surface area contributed by atoms with E-state index in [-0.39, 0.29) is 46.6 Å². The lowest BCUT2D eigenvalue weighted by Gasteiger charge is -2.56. The molecular weight excluding hydrogens is 396 g/mol. The summed E-state index contributed by atoms with van der Waals surface area (Å²) in [5, 5.41) is 0. The molecule has 0 aromatic carbocycles. The van der Waals surface area contributed by atoms with Crippen molar-refractivity contribution in [2.75, 3.05) is 13.7 Å². The number of hydrogen-bond acceptors (Lipinski definition) is 6. The molecule has 31 heavy (non-hydrogen) atoms. The fraction of sp³-hybridized carbons (Fsp3) is 0.720. The van der Waals surface area contributed by atoms with Crippen LogP contribution in [0.25, 0.3) is 0 Å². The molecule has 0 aromatic heterocycles. The number of methoxy groups -OCH3 is 1. The number of ether oxygens (including phenoxy) is 3. The molecule has 0 bridgehead atoms. The molecule has 6 heteroatoms. The largest absolute Gasteiger partial charge is 0.507 e. The third kappa shape index (κ3) is 2.86. The van der Waals surface area contributed by atoms with Crippen molar-refractivity contribution >= 4 is 17.9 Å². The van der Waals surface area contributed by atoms with Crippen molar-refractivity contribution in [3.63, 3.8) is 0 Å². The lowest BCUT2D eigenvalue weighted by molar-refractivity contribution is -0.160. The van der Waals surface area contributed by atoms with Gasteiger partial charge >= 0.3 is 12.1 Å². The maximum Gasteiger partial charge on any atom is 0.507 e. The van der Waals surface area contributed by atoms with E-state index in [4.69, 9.17) is 14.2 Å². The smallest absolute Gasteiger partial charge is 0.458 e. The average molecular weight is 429 g/mol. The Balaban J connectivity index is 1.56. The van der Waals surface area contributed by atoms with E-state index in [1.54, 1.807) is 0 Å². The van der Waals surface area contributed by atoms with Gasteiger partial charge in [-0.3, -0.25) is 9.59 Å². The second kappa shape index (κ2) is 6.94. The van der Waals surface area contributed by atoms with Crippen LogP contribution >= 0.6 is 0 Å². The van der Waals surface area contributed by atoms with Gasteiger partial charge in [0.25, 0.3) is 0 Å². The monoisotopic (exact) mass is 428 g/mol. The van der Waals surface area contributed by atoms with Crippen LogP contribution in [0.5, 0.6) is 0 Å². The first-order valence-electron chi connectivity index (χ1n) is 11.6. The standard InChI is InChI=1S/C25H32O6/c1-23-8-4-17(26)13-16(23)12-15(14-30-22(28)29-3)21-18(23)5-9-24(2)19(21)6-10-25(24)11-7-20(27)31-25/h5,12,15,19,21H,4,6-11,13-14H2,1-3H3/t15-,19?,21?,23-,24-,25+/m0/s1. The SMILES string of the molecule is COC(=O)OC[C@@H]1C=C2CC(=O)CC[C@]2(C)C2=CC[C@@]3(C)C(CC[C@@]34CCC(=O)O4)C21. The number of fused-ring (bicyclic) bond motifs is 6. The normalized spacial score (nSPS) is 43.4. The van der Waals surface area contributed by atoms with Crippen LogP contribution in [0.2, 0.25) is 0 Å². The fourth-order valence-corrected chi connectivity index (χ4v) is 7.60. The first-order chi connectivity index (χ1) is 14.7. The van der Waals surface area contributed by atoms with Crippen LogP contribution in [-0.2, 0) is 23.8 Å². The van der Waals surface area contributed by atoms with E-state index < -0.39 is 6.16 Å². The van der Waals surface area contributed by atoms with Gasteiger partial charge in [0, 0.05) is 36.0 Å². The predicted molar refractivity (Wildman–Crippen MR) is 112 cm³/mol. The van der Waals surface area contributed by atoms with Crippen LogP contribution in [0.4, 0.5) is 4.79 Å². The summed E-state index contributed by atoms with van der Waals surface area (Å²) >= 11 is 0. The number of carbonyl (C=O) groups excluding carboxylic acids is 3. The van der Waals surface area contributed by atoms with E-state index in [9.17, 15) is 14.4 Å². The van der Waals surface area contributed by atoms with E-state index in [1.165, 1.54) is 18.3 Å². The van der Waals surface area contributed by atoms with Gasteiger partial charge < -0.3 is 14.2 Å². The lowest BCUT2D eigenvalue weighted by atomic mass is 9.49. The summed E-state index contributed by atoms with van der Waals surface area (Å²) in [6, 6.07) is 0. The minimum atomic E-state index is -0.678. The van der Waals surface area contributed by atoms with Crippen LogP contribution < -0.4 is 0 Å². The summed E-state index contributed by atoms with van der Waals surface area (Å²) in [7, 11) is 1.32. The van der Waals surface area contributed by atoms with Crippen LogP contribution in [0.1, 0.15) is 65.2 Å². The first kappa shape index (κ1) is 20.8. The highest BCUT2D eigenvalue weighted by atomic mass is 16.7. The summed E-state index contributed by atoms with van der Waals surface area (Å²) in [5.74, 6) is 0.761. The summed E-state index contributed by atoms with van der Waals surface area (Å²) < 4.78 is 16.2. The molecule has 3 fully saturated rings. The molecule has 2 unspecified atom stereocenters. The Labute approximate surface area is 183 Å². The minimum Gasteiger partial charge on any atom is -0.458 e. The van der Waals surface area contributed by atoms with Gasteiger partial charge in [0.05, 0.1) is 7.11 Å². The molecule has 0 amide bonds. The molecule has 1 aliphatic heterocycles. The summed E-state index contributed by atoms with van der Waals surface area (Å²) in [6.45, 7) is 4.81. The molecule has 6 atom stereocenters. The number of rotatable bonds is 2. The molecule has 168 valence electrons. The van der Waals surface area contributed by atoms with E-state index in [1.807, 2.05) is 0 Å². The lowest BCUT2D eigenvalue weighted by Crippen LogP contribution is -2.52. The Morgan fingerprint density at radius 1 is 1.19 bits per heavy atom. The summed E-state index contributed by atoms with van der Waals surface area (Å²) in [6.07, 6.45) is 9.95. The van der Waals surface area contributed by atoms with Crippen LogP contribution in [0.3, 0.4) is 0 Å². The number of esters is 1. The second-order valence-electron chi connectivity index (χ2n) is 10.6. The topological polar surface area (TPSA) is 78.9 Å². The fourth-order valence-electron chi connectivity index (χ4n) is 7.60. The van der Waals surface area contributed by atoms with Gasteiger partial charge in [-0.2, -0.15) is 0 Å². The molecule has 1 spiro atoms. The van der Waals surface area contributed by atoms with Gasteiger partial charge in [-0.05, 0) is 43.9 Å². The van der Waals surface area contributed by atoms with Crippen molar-refractivity contribution < 1.29 is 28.6 Å². The van der Waals surface area contributed by atoms with Gasteiger partial charge in [0.15, 0.2) is 0 Å². The maximum absolute atomic E-state index is 12.3. The average Bonchev–Trinajstić information content (AvgIpc) is 3.27. The van der Waals surface area contributed by atoms with E-state index in [0.717, 1.165) is 32.1 Å². The van der Waals surface area contributed by atoms with E-state index in [2.05, 4.69) is 26.0 Å². The van der Waals surface area contributed by atoms with Gasteiger partial charge in [-0.1, -0.05) is 37.1 Å². The van der Waals surface area contributed by atoms with Gasteiger partial charge in [-0.25, -0.2) is 4.79 Å². The van der Waals surface area contributed by atoms with Crippen molar-refractivity contribution in [1.29, 1.82) is 0 Å². The van der Waals surface area contributed by atoms with Gasteiger partial charge in [-0.15, -0.1) is 0 Å². The van der Waals surface area contributed by atoms with Crippen molar-refractivity contribution in [1.82, 2.24) is 0 Å². The Morgan fingerprint density at radius 3 is 2.71 bits per heavy atom. The molecule has 0 radical (unpaired) electrons. The van der Waals surface area contributed by atoms with Crippen LogP contribution in [-0.4, -0.2) is 37.2 Å². The van der Waals surface area contributed by atoms with Crippen molar-refractivity contribution in [3.8, 4) is 0 Å². The van der Waals surface area contributed by atoms with E-state index >= 15 is 0 Å². The third-order valence-corrected chi connectivity index (χ3v) is 9.37. The van der Waals surface area contributed by atoms with Crippen molar-refractivity contribution in [2.24, 2.45) is 28.6 Å². The summed E-state index contributed by atoms with van der Waals surface area (Å²) in [4.78, 5) is 36.1. The maximum atomic E-state index is 12.3. The Hall–Kier alpha value is -2.11. The molecule has 0 N–H and O–H groups in total. The predicted octanol–water partition coefficient (Wildman–Crippen LogP) is 4.52. The zero-order valence-electron chi connectivity index (χ0n) is 18.7. The Bertz CT molecular complexity index is 902. The van der Waals surface area contributed by atoms with Crippen LogP contribution in [0, 0.1) is 28.6 Å². The number of Topliss-reactive ketones (excluding diaryl/α,β-unsaturated/α-hetero) is 1. The van der Waals surface area contributed by atoms with Gasteiger partial charge in [0.2, 0.25) is 0 Å². The number of hydrogen-bond donors (Lipinski definition) is 0. The number of ketones is 1. The molecular formula is C25H32O6. The minimum absolute atomic E-state index is 0.00351. The molecule has 6 nitrogen and oxygen atoms in total. The highest BCUT2D eigenvalue weighted by Gasteiger charge is 2.66. The van der Waals surface area contributed by atoms with Crippen LogP contribution in [0.15, 0.2) is 23.3 Å². The molecule has 2 saturated carbocycles. The first-order valence-corrected chi connectivity index (χ1v) is 11.6. The second-order valence-corrected chi connectivity index (χ2v) is 10.6. The molecule has 5 aliphatic rings. The highest BCUT2D eigenvalue weighted by Crippen LogP contribution is 2.68. The third-order valence-electron chi connectivity index (χ3n) is 9.37. The molecule has 0 aromatic rings. The number of carbonyl (C=O) groups is 3. The van der Waals surface area contributed by atoms with Crippen molar-refractivity contribution in [3.05, 3.63) is 23.3 Å². The molecule has 1 heterocycles. The van der Waals surface area contributed by atoms with Gasteiger partial charge in [0.1, 0.15) is 18.0 Å². The highest BCUT2D eigenvalue weighted by molar-refractivity contribution is 5.83. The van der Waals surface area contributed by atoms with E-state index in [0.29, 0.717) is 25.2 Å².